The number of rotatable bonds is 8. The minimum absolute atomic E-state index is 0.475. The van der Waals surface area contributed by atoms with Gasteiger partial charge in [-0.05, 0) is 46.6 Å². The highest BCUT2D eigenvalue weighted by atomic mass is 16.6. The fraction of sp³-hybridized carbons (Fsp3) is 0.733. The third-order valence-corrected chi connectivity index (χ3v) is 2.50. The maximum Gasteiger partial charge on any atom is 0.408 e. The smallest absolute Gasteiger partial charge is 0.408 e. The maximum atomic E-state index is 11.7. The van der Waals surface area contributed by atoms with Crippen molar-refractivity contribution < 1.29 is 19.1 Å². The van der Waals surface area contributed by atoms with E-state index >= 15 is 0 Å². The van der Waals surface area contributed by atoms with E-state index in [1.165, 1.54) is 7.11 Å². The lowest BCUT2D eigenvalue weighted by Crippen LogP contribution is -2.44. The second-order valence-corrected chi connectivity index (χ2v) is 5.60. The minimum Gasteiger partial charge on any atom is -0.467 e. The number of amides is 1. The second-order valence-electron chi connectivity index (χ2n) is 5.60. The van der Waals surface area contributed by atoms with E-state index in [1.807, 2.05) is 0 Å². The Hall–Kier alpha value is -1.74. The predicted octanol–water partition coefficient (Wildman–Crippen LogP) is 1.45. The van der Waals surface area contributed by atoms with Crippen molar-refractivity contribution in [3.05, 3.63) is 0 Å². The largest absolute Gasteiger partial charge is 0.467 e. The summed E-state index contributed by atoms with van der Waals surface area (Å²) in [4.78, 5) is 23.3. The molecule has 0 heterocycles. The quantitative estimate of drug-likeness (QED) is 0.403. The van der Waals surface area contributed by atoms with Gasteiger partial charge in [0.15, 0.2) is 0 Å². The monoisotopic (exact) mass is 298 g/mol. The fourth-order valence-corrected chi connectivity index (χ4v) is 1.60. The van der Waals surface area contributed by atoms with Crippen molar-refractivity contribution in [3.63, 3.8) is 0 Å². The molecule has 0 aromatic rings. The summed E-state index contributed by atoms with van der Waals surface area (Å²) >= 11 is 0. The summed E-state index contributed by atoms with van der Waals surface area (Å²) in [5.41, 5.74) is -0.607. The fourth-order valence-electron chi connectivity index (χ4n) is 1.60. The van der Waals surface area contributed by atoms with Crippen LogP contribution in [0.25, 0.3) is 0 Å². The summed E-state index contributed by atoms with van der Waals surface area (Å²) in [5, 5.41) is 5.60. The molecule has 0 radical (unpaired) electrons. The molecule has 0 saturated carbocycles. The number of methoxy groups -OCH3 is 1. The lowest BCUT2D eigenvalue weighted by atomic mass is 10.1. The Morgan fingerprint density at radius 1 is 1.29 bits per heavy atom. The molecule has 1 amide bonds. The van der Waals surface area contributed by atoms with E-state index < -0.39 is 23.7 Å². The van der Waals surface area contributed by atoms with Crippen LogP contribution >= 0.6 is 0 Å². The minimum atomic E-state index is -0.697. The van der Waals surface area contributed by atoms with Gasteiger partial charge < -0.3 is 20.1 Å². The van der Waals surface area contributed by atoms with Gasteiger partial charge in [-0.15, -0.1) is 6.42 Å². The Bertz CT molecular complexity index is 369. The second kappa shape index (κ2) is 10.1. The molecule has 0 aromatic heterocycles. The molecule has 21 heavy (non-hydrogen) atoms. The van der Waals surface area contributed by atoms with E-state index in [2.05, 4.69) is 21.3 Å². The van der Waals surface area contributed by atoms with E-state index in [4.69, 9.17) is 11.2 Å². The van der Waals surface area contributed by atoms with Gasteiger partial charge in [0.25, 0.3) is 0 Å². The Labute approximate surface area is 126 Å². The van der Waals surface area contributed by atoms with E-state index in [0.29, 0.717) is 13.0 Å². The number of hydrogen-bond acceptors (Lipinski definition) is 5. The maximum absolute atomic E-state index is 11.7. The molecule has 0 bridgehead atoms. The van der Waals surface area contributed by atoms with Crippen LogP contribution < -0.4 is 10.6 Å². The van der Waals surface area contributed by atoms with Gasteiger partial charge in [0.1, 0.15) is 11.6 Å². The van der Waals surface area contributed by atoms with Crippen molar-refractivity contribution in [2.45, 2.75) is 51.7 Å². The zero-order valence-corrected chi connectivity index (χ0v) is 13.3. The molecule has 6 heteroatoms. The standard InChI is InChI=1S/C15H26N2O4/c1-6-10-16-11-8-7-9-12(13(18)20-5)17-14(19)21-15(2,3)4/h1,12,16H,7-11H2,2-5H3,(H,17,19). The Kier molecular flexibility index (Phi) is 9.22. The average molecular weight is 298 g/mol. The molecule has 1 unspecified atom stereocenters. The zero-order chi connectivity index (χ0) is 16.3. The van der Waals surface area contributed by atoms with Crippen LogP contribution in [0.3, 0.4) is 0 Å². The van der Waals surface area contributed by atoms with Crippen LogP contribution in [-0.4, -0.2) is 43.9 Å². The van der Waals surface area contributed by atoms with Crippen LogP contribution in [0.4, 0.5) is 4.79 Å². The SMILES string of the molecule is C#CCNCCCCC(NC(=O)OC(C)(C)C)C(=O)OC. The van der Waals surface area contributed by atoms with Gasteiger partial charge in [-0.3, -0.25) is 0 Å². The van der Waals surface area contributed by atoms with E-state index in [-0.39, 0.29) is 0 Å². The van der Waals surface area contributed by atoms with Gasteiger partial charge in [-0.1, -0.05) is 5.92 Å². The lowest BCUT2D eigenvalue weighted by molar-refractivity contribution is -0.143. The third kappa shape index (κ3) is 10.7. The van der Waals surface area contributed by atoms with Gasteiger partial charge in [0.2, 0.25) is 0 Å². The van der Waals surface area contributed by atoms with Crippen LogP contribution in [-0.2, 0) is 14.3 Å². The van der Waals surface area contributed by atoms with Gasteiger partial charge >= 0.3 is 12.1 Å². The van der Waals surface area contributed by atoms with Crippen molar-refractivity contribution in [1.82, 2.24) is 10.6 Å². The first-order valence-corrected chi connectivity index (χ1v) is 7.01. The van der Waals surface area contributed by atoms with Crippen molar-refractivity contribution in [3.8, 4) is 12.3 Å². The lowest BCUT2D eigenvalue weighted by Gasteiger charge is -2.22. The molecule has 0 rings (SSSR count). The topological polar surface area (TPSA) is 76.7 Å². The molecule has 0 saturated heterocycles. The number of hydrogen-bond donors (Lipinski definition) is 2. The van der Waals surface area contributed by atoms with Crippen LogP contribution in [0.1, 0.15) is 40.0 Å². The number of esters is 1. The Morgan fingerprint density at radius 2 is 1.95 bits per heavy atom. The molecule has 1 atom stereocenters. The summed E-state index contributed by atoms with van der Waals surface area (Å²) in [6.45, 7) is 6.58. The molecule has 0 aliphatic carbocycles. The molecule has 0 spiro atoms. The first-order valence-electron chi connectivity index (χ1n) is 7.01. The third-order valence-electron chi connectivity index (χ3n) is 2.50. The van der Waals surface area contributed by atoms with Crippen molar-refractivity contribution in [2.24, 2.45) is 0 Å². The summed E-state index contributed by atoms with van der Waals surface area (Å²) in [5.74, 6) is 2.01. The van der Waals surface area contributed by atoms with Crippen molar-refractivity contribution >= 4 is 12.1 Å². The zero-order valence-electron chi connectivity index (χ0n) is 13.3. The summed E-state index contributed by atoms with van der Waals surface area (Å²) in [6.07, 6.45) is 6.60. The van der Waals surface area contributed by atoms with E-state index in [1.54, 1.807) is 20.8 Å². The predicted molar refractivity (Wildman–Crippen MR) is 80.7 cm³/mol. The van der Waals surface area contributed by atoms with Crippen LogP contribution in [0.2, 0.25) is 0 Å². The van der Waals surface area contributed by atoms with Gasteiger partial charge in [-0.2, -0.15) is 0 Å². The van der Waals surface area contributed by atoms with Crippen LogP contribution in [0.5, 0.6) is 0 Å². The van der Waals surface area contributed by atoms with Crippen molar-refractivity contribution in [1.29, 1.82) is 0 Å². The first-order chi connectivity index (χ1) is 9.80. The molecular formula is C15H26N2O4. The molecule has 0 aliphatic rings. The molecular weight excluding hydrogens is 272 g/mol. The van der Waals surface area contributed by atoms with Crippen LogP contribution in [0, 0.1) is 12.3 Å². The molecule has 0 aromatic carbocycles. The number of terminal acetylenes is 1. The highest BCUT2D eigenvalue weighted by Gasteiger charge is 2.24. The number of alkyl carbamates (subject to hydrolysis) is 1. The summed E-state index contributed by atoms with van der Waals surface area (Å²) in [7, 11) is 1.29. The molecule has 6 nitrogen and oxygen atoms in total. The van der Waals surface area contributed by atoms with Gasteiger partial charge in [0.05, 0.1) is 13.7 Å². The molecule has 0 fully saturated rings. The van der Waals surface area contributed by atoms with E-state index in [0.717, 1.165) is 19.4 Å². The average Bonchev–Trinajstić information content (AvgIpc) is 2.38. The van der Waals surface area contributed by atoms with Crippen LogP contribution in [0.15, 0.2) is 0 Å². The van der Waals surface area contributed by atoms with Gasteiger partial charge in [-0.25, -0.2) is 9.59 Å². The number of unbranched alkanes of at least 4 members (excludes halogenated alkanes) is 1. The highest BCUT2D eigenvalue weighted by molar-refractivity contribution is 5.81. The van der Waals surface area contributed by atoms with Gasteiger partial charge in [0, 0.05) is 0 Å². The summed E-state index contributed by atoms with van der Waals surface area (Å²) in [6, 6.07) is -0.697. The molecule has 120 valence electrons. The number of carbonyl (C=O) groups excluding carboxylic acids is 2. The Balaban J connectivity index is 4.19. The Morgan fingerprint density at radius 3 is 2.48 bits per heavy atom. The summed E-state index contributed by atoms with van der Waals surface area (Å²) < 4.78 is 9.82. The van der Waals surface area contributed by atoms with Crippen molar-refractivity contribution in [2.75, 3.05) is 20.2 Å². The highest BCUT2D eigenvalue weighted by Crippen LogP contribution is 2.08. The number of nitrogens with one attached hydrogen (secondary N) is 2. The number of ether oxygens (including phenoxy) is 2. The number of carbonyl (C=O) groups is 2. The molecule has 2 N–H and O–H groups in total. The first kappa shape index (κ1) is 19.3. The van der Waals surface area contributed by atoms with E-state index in [9.17, 15) is 9.59 Å². The normalized spacial score (nSPS) is 12.1. The molecule has 0 aliphatic heterocycles.